The van der Waals surface area contributed by atoms with Gasteiger partial charge in [-0.25, -0.2) is 4.98 Å². The first-order valence-corrected chi connectivity index (χ1v) is 8.11. The molecule has 6 nitrogen and oxygen atoms in total. The molecular formula is C16H25N3O3. The minimum absolute atomic E-state index is 0.00953. The summed E-state index contributed by atoms with van der Waals surface area (Å²) in [4.78, 5) is 18.6. The van der Waals surface area contributed by atoms with Crippen LogP contribution in [0.3, 0.4) is 0 Å². The van der Waals surface area contributed by atoms with E-state index in [2.05, 4.69) is 9.55 Å². The number of rotatable bonds is 7. The molecule has 0 unspecified atom stereocenters. The molecule has 6 heteroatoms. The number of hydrogen-bond donors (Lipinski definition) is 0. The molecule has 1 atom stereocenters. The molecule has 1 saturated carbocycles. The third kappa shape index (κ3) is 3.33. The molecule has 0 bridgehead atoms. The summed E-state index contributed by atoms with van der Waals surface area (Å²) in [6.07, 6.45) is 4.93. The fraction of sp³-hybridized carbons (Fsp3) is 0.750. The number of carbonyl (C=O) groups excluding carboxylic acids is 1. The molecule has 1 aromatic heterocycles. The Balaban J connectivity index is 1.61. The van der Waals surface area contributed by atoms with E-state index in [9.17, 15) is 4.79 Å². The highest BCUT2D eigenvalue weighted by atomic mass is 16.5. The zero-order valence-corrected chi connectivity index (χ0v) is 13.5. The molecule has 2 heterocycles. The molecule has 0 aromatic carbocycles. The smallest absolute Gasteiger partial charge is 0.225 e. The number of amides is 1. The third-order valence-electron chi connectivity index (χ3n) is 4.52. The van der Waals surface area contributed by atoms with Gasteiger partial charge in [0.05, 0.1) is 37.6 Å². The number of nitrogens with zero attached hydrogens (tertiary/aromatic N) is 3. The van der Waals surface area contributed by atoms with Crippen LogP contribution in [0.4, 0.5) is 0 Å². The van der Waals surface area contributed by atoms with E-state index in [0.29, 0.717) is 19.6 Å². The predicted molar refractivity (Wildman–Crippen MR) is 81.2 cm³/mol. The first-order valence-electron chi connectivity index (χ1n) is 8.11. The Bertz CT molecular complexity index is 525. The molecule has 0 radical (unpaired) electrons. The lowest BCUT2D eigenvalue weighted by atomic mass is 10.2. The molecular weight excluding hydrogens is 282 g/mol. The second-order valence-electron chi connectivity index (χ2n) is 6.22. The Kier molecular flexibility index (Phi) is 4.78. The van der Waals surface area contributed by atoms with Gasteiger partial charge in [-0.05, 0) is 25.7 Å². The number of methoxy groups -OCH3 is 1. The number of imidazole rings is 1. The molecule has 0 spiro atoms. The molecule has 1 fully saturated rings. The minimum atomic E-state index is 0.00953. The van der Waals surface area contributed by atoms with Gasteiger partial charge in [-0.2, -0.15) is 0 Å². The number of ether oxygens (including phenoxy) is 2. The Morgan fingerprint density at radius 3 is 2.95 bits per heavy atom. The maximum Gasteiger partial charge on any atom is 0.225 e. The van der Waals surface area contributed by atoms with Gasteiger partial charge in [-0.1, -0.05) is 0 Å². The molecule has 0 saturated heterocycles. The Morgan fingerprint density at radius 2 is 2.23 bits per heavy atom. The minimum Gasteiger partial charge on any atom is -0.384 e. The van der Waals surface area contributed by atoms with Crippen molar-refractivity contribution < 1.29 is 14.3 Å². The summed E-state index contributed by atoms with van der Waals surface area (Å²) in [6, 6.07) is 0.00953. The van der Waals surface area contributed by atoms with Crippen molar-refractivity contribution in [3.63, 3.8) is 0 Å². The van der Waals surface area contributed by atoms with Crippen molar-refractivity contribution in [1.82, 2.24) is 14.5 Å². The second-order valence-corrected chi connectivity index (χ2v) is 6.22. The van der Waals surface area contributed by atoms with Crippen LogP contribution in [0.15, 0.2) is 6.20 Å². The van der Waals surface area contributed by atoms with Crippen LogP contribution >= 0.6 is 0 Å². The average molecular weight is 307 g/mol. The van der Waals surface area contributed by atoms with Crippen molar-refractivity contribution in [2.75, 3.05) is 26.9 Å². The highest BCUT2D eigenvalue weighted by molar-refractivity contribution is 5.76. The van der Waals surface area contributed by atoms with E-state index in [-0.39, 0.29) is 11.9 Å². The van der Waals surface area contributed by atoms with Gasteiger partial charge in [0, 0.05) is 26.8 Å². The molecule has 1 aliphatic carbocycles. The molecule has 1 aliphatic heterocycles. The van der Waals surface area contributed by atoms with Crippen LogP contribution in [0, 0.1) is 5.92 Å². The standard InChI is InChI=1S/C16H25N3O3/c1-12-16-17-9-14(11-22-10-13-3-4-13)19(16)7-6-18(12)15(20)5-8-21-2/h9,12-13H,3-8,10-11H2,1-2H3/t12-/m1/s1. The zero-order valence-electron chi connectivity index (χ0n) is 13.5. The van der Waals surface area contributed by atoms with Gasteiger partial charge in [-0.15, -0.1) is 0 Å². The lowest BCUT2D eigenvalue weighted by molar-refractivity contribution is -0.135. The van der Waals surface area contributed by atoms with Crippen molar-refractivity contribution in [2.45, 2.75) is 45.4 Å². The molecule has 2 aliphatic rings. The normalized spacial score (nSPS) is 21.0. The summed E-state index contributed by atoms with van der Waals surface area (Å²) in [7, 11) is 1.62. The van der Waals surface area contributed by atoms with Gasteiger partial charge in [0.15, 0.2) is 0 Å². The van der Waals surface area contributed by atoms with E-state index in [0.717, 1.165) is 37.1 Å². The SMILES string of the molecule is COCCC(=O)N1CCn2c(COCC3CC3)cnc2[C@H]1C. The fourth-order valence-corrected chi connectivity index (χ4v) is 2.96. The van der Waals surface area contributed by atoms with Crippen LogP contribution in [-0.2, 0) is 27.4 Å². The maximum atomic E-state index is 12.2. The lowest BCUT2D eigenvalue weighted by Gasteiger charge is -2.34. The van der Waals surface area contributed by atoms with Crippen LogP contribution in [-0.4, -0.2) is 47.2 Å². The van der Waals surface area contributed by atoms with E-state index in [1.54, 1.807) is 7.11 Å². The van der Waals surface area contributed by atoms with Crippen LogP contribution in [0.25, 0.3) is 0 Å². The second kappa shape index (κ2) is 6.79. The summed E-state index contributed by atoms with van der Waals surface area (Å²) in [5.74, 6) is 1.87. The largest absolute Gasteiger partial charge is 0.384 e. The Morgan fingerprint density at radius 1 is 1.41 bits per heavy atom. The van der Waals surface area contributed by atoms with Gasteiger partial charge in [0.2, 0.25) is 5.91 Å². The third-order valence-corrected chi connectivity index (χ3v) is 4.52. The van der Waals surface area contributed by atoms with Crippen molar-refractivity contribution in [3.05, 3.63) is 17.7 Å². The van der Waals surface area contributed by atoms with Gasteiger partial charge < -0.3 is 18.9 Å². The van der Waals surface area contributed by atoms with Crippen molar-refractivity contribution in [2.24, 2.45) is 5.92 Å². The number of aromatic nitrogens is 2. The zero-order chi connectivity index (χ0) is 15.5. The topological polar surface area (TPSA) is 56.6 Å². The molecule has 122 valence electrons. The Labute approximate surface area is 131 Å². The number of hydrogen-bond acceptors (Lipinski definition) is 4. The van der Waals surface area contributed by atoms with Crippen LogP contribution < -0.4 is 0 Å². The highest BCUT2D eigenvalue weighted by Gasteiger charge is 2.30. The van der Waals surface area contributed by atoms with Crippen molar-refractivity contribution >= 4 is 5.91 Å². The fourth-order valence-electron chi connectivity index (χ4n) is 2.96. The molecule has 1 aromatic rings. The summed E-state index contributed by atoms with van der Waals surface area (Å²) in [6.45, 7) is 5.50. The van der Waals surface area contributed by atoms with E-state index in [4.69, 9.17) is 9.47 Å². The summed E-state index contributed by atoms with van der Waals surface area (Å²) in [5.41, 5.74) is 1.12. The monoisotopic (exact) mass is 307 g/mol. The van der Waals surface area contributed by atoms with Gasteiger partial charge in [-0.3, -0.25) is 4.79 Å². The first-order chi connectivity index (χ1) is 10.7. The van der Waals surface area contributed by atoms with E-state index < -0.39 is 0 Å². The van der Waals surface area contributed by atoms with Gasteiger partial charge in [0.25, 0.3) is 0 Å². The Hall–Kier alpha value is -1.40. The maximum absolute atomic E-state index is 12.2. The highest BCUT2D eigenvalue weighted by Crippen LogP contribution is 2.30. The predicted octanol–water partition coefficient (Wildman–Crippen LogP) is 1.75. The number of fused-ring (bicyclic) bond motifs is 1. The van der Waals surface area contributed by atoms with Gasteiger partial charge >= 0.3 is 0 Å². The van der Waals surface area contributed by atoms with E-state index >= 15 is 0 Å². The quantitative estimate of drug-likeness (QED) is 0.770. The molecule has 3 rings (SSSR count). The summed E-state index contributed by atoms with van der Waals surface area (Å²) < 4.78 is 13.0. The van der Waals surface area contributed by atoms with Gasteiger partial charge in [0.1, 0.15) is 5.82 Å². The summed E-state index contributed by atoms with van der Waals surface area (Å²) >= 11 is 0. The molecule has 22 heavy (non-hydrogen) atoms. The lowest BCUT2D eigenvalue weighted by Crippen LogP contribution is -2.41. The molecule has 1 amide bonds. The number of carbonyl (C=O) groups is 1. The van der Waals surface area contributed by atoms with E-state index in [1.165, 1.54) is 12.8 Å². The summed E-state index contributed by atoms with van der Waals surface area (Å²) in [5, 5.41) is 0. The van der Waals surface area contributed by atoms with Crippen molar-refractivity contribution in [1.29, 1.82) is 0 Å². The van der Waals surface area contributed by atoms with E-state index in [1.807, 2.05) is 18.0 Å². The van der Waals surface area contributed by atoms with Crippen LogP contribution in [0.5, 0.6) is 0 Å². The molecule has 0 N–H and O–H groups in total. The van der Waals surface area contributed by atoms with Crippen LogP contribution in [0.2, 0.25) is 0 Å². The van der Waals surface area contributed by atoms with Crippen molar-refractivity contribution in [3.8, 4) is 0 Å². The van der Waals surface area contributed by atoms with Crippen LogP contribution in [0.1, 0.15) is 43.7 Å². The first kappa shape index (κ1) is 15.5. The average Bonchev–Trinajstić information content (AvgIpc) is 3.25.